The van der Waals surface area contributed by atoms with Gasteiger partial charge in [-0.3, -0.25) is 9.62 Å². The molecule has 0 aliphatic rings. The maximum Gasteiger partial charge on any atom is 0.332 e. The second-order valence-corrected chi connectivity index (χ2v) is 6.07. The molecule has 3 rings (SSSR count). The summed E-state index contributed by atoms with van der Waals surface area (Å²) in [4.78, 5) is 24.9. The van der Waals surface area contributed by atoms with Crippen LogP contribution < -0.4 is 10.6 Å². The van der Waals surface area contributed by atoms with Gasteiger partial charge in [0.15, 0.2) is 11.5 Å². The fourth-order valence-corrected chi connectivity index (χ4v) is 2.28. The van der Waals surface area contributed by atoms with Gasteiger partial charge < -0.3 is 10.4 Å². The summed E-state index contributed by atoms with van der Waals surface area (Å²) in [6.45, 7) is 4.16. The highest BCUT2D eigenvalue weighted by Crippen LogP contribution is 2.27. The Morgan fingerprint density at radius 2 is 2.00 bits per heavy atom. The molecule has 0 aliphatic carbocycles. The molecule has 9 heteroatoms. The minimum Gasteiger partial charge on any atom is -0.506 e. The van der Waals surface area contributed by atoms with E-state index < -0.39 is 0 Å². The smallest absolute Gasteiger partial charge is 0.332 e. The van der Waals surface area contributed by atoms with Crippen LogP contribution in [-0.2, 0) is 0 Å². The number of hydrogen-bond donors (Lipinski definition) is 4. The van der Waals surface area contributed by atoms with E-state index in [-0.39, 0.29) is 11.8 Å². The Hall–Kier alpha value is -3.07. The Bertz CT molecular complexity index is 965. The Balaban J connectivity index is 1.86. The topological polar surface area (TPSA) is 103 Å². The van der Waals surface area contributed by atoms with Crippen molar-refractivity contribution < 1.29 is 9.90 Å². The van der Waals surface area contributed by atoms with Crippen molar-refractivity contribution in [2.45, 2.75) is 13.8 Å². The van der Waals surface area contributed by atoms with Gasteiger partial charge in [-0.2, -0.15) is 0 Å². The number of hydrogen-bond acceptors (Lipinski definition) is 7. The van der Waals surface area contributed by atoms with Crippen LogP contribution in [-0.4, -0.2) is 36.9 Å². The third-order valence-corrected chi connectivity index (χ3v) is 4.06. The van der Waals surface area contributed by atoms with Gasteiger partial charge in [-0.05, 0) is 43.7 Å². The maximum absolute atomic E-state index is 11.9. The molecule has 1 aromatic carbocycles. The molecule has 2 amide bonds. The first-order valence-electron chi connectivity index (χ1n) is 7.94. The monoisotopic (exact) mass is 370 g/mol. The Morgan fingerprint density at radius 3 is 2.73 bits per heavy atom. The summed E-state index contributed by atoms with van der Waals surface area (Å²) in [6.07, 6.45) is 1.55. The highest BCUT2D eigenvalue weighted by Gasteiger charge is 2.10. The molecule has 0 saturated carbocycles. The largest absolute Gasteiger partial charge is 0.506 e. The van der Waals surface area contributed by atoms with Gasteiger partial charge in [-0.1, -0.05) is 18.9 Å². The van der Waals surface area contributed by atoms with Crippen LogP contribution in [0.3, 0.4) is 0 Å². The number of thiol groups is 1. The third kappa shape index (κ3) is 3.94. The number of urea groups is 1. The number of carbonyl (C=O) groups is 1. The number of phenols is 1. The number of amides is 2. The molecule has 3 aromatic rings. The van der Waals surface area contributed by atoms with Gasteiger partial charge in [0.1, 0.15) is 17.1 Å². The third-order valence-electron chi connectivity index (χ3n) is 3.59. The summed E-state index contributed by atoms with van der Waals surface area (Å²) in [7, 11) is 0. The molecule has 134 valence electrons. The van der Waals surface area contributed by atoms with E-state index in [1.165, 1.54) is 4.31 Å². The lowest BCUT2D eigenvalue weighted by atomic mass is 10.2. The molecule has 2 aromatic heterocycles. The minimum absolute atomic E-state index is 0.120. The fourth-order valence-electron chi connectivity index (χ4n) is 2.23. The number of aromatic hydroxyl groups is 1. The second kappa shape index (κ2) is 7.44. The minimum atomic E-state index is -0.380. The molecule has 0 unspecified atom stereocenters. The lowest BCUT2D eigenvalue weighted by Crippen LogP contribution is -2.27. The Morgan fingerprint density at radius 1 is 1.23 bits per heavy atom. The van der Waals surface area contributed by atoms with E-state index in [1.807, 2.05) is 19.9 Å². The van der Waals surface area contributed by atoms with Crippen molar-refractivity contribution in [1.82, 2.24) is 19.3 Å². The number of anilines is 3. The summed E-state index contributed by atoms with van der Waals surface area (Å²) in [5.41, 5.74) is 2.41. The van der Waals surface area contributed by atoms with Crippen LogP contribution in [0.25, 0.3) is 11.2 Å². The quantitative estimate of drug-likeness (QED) is 0.414. The number of aromatic nitrogens is 3. The highest BCUT2D eigenvalue weighted by atomic mass is 32.1. The lowest BCUT2D eigenvalue weighted by molar-refractivity contribution is 0.240. The molecule has 8 nitrogen and oxygen atoms in total. The summed E-state index contributed by atoms with van der Waals surface area (Å²) in [6, 6.07) is 8.26. The second-order valence-electron chi connectivity index (χ2n) is 5.59. The number of carbonyl (C=O) groups excluding carboxylic acids is 1. The number of pyridine rings is 1. The van der Waals surface area contributed by atoms with Crippen LogP contribution >= 0.6 is 12.8 Å². The van der Waals surface area contributed by atoms with Crippen LogP contribution in [0.15, 0.2) is 36.5 Å². The van der Waals surface area contributed by atoms with Gasteiger partial charge in [-0.25, -0.2) is 19.7 Å². The number of phenolic OH excluding ortho intramolecular Hbond substituents is 1. The van der Waals surface area contributed by atoms with Crippen molar-refractivity contribution in [3.63, 3.8) is 0 Å². The molecule has 0 bridgehead atoms. The van der Waals surface area contributed by atoms with E-state index in [9.17, 15) is 9.90 Å². The molecule has 26 heavy (non-hydrogen) atoms. The molecule has 0 saturated heterocycles. The first kappa shape index (κ1) is 17.7. The summed E-state index contributed by atoms with van der Waals surface area (Å²) in [5, 5.41) is 15.6. The van der Waals surface area contributed by atoms with Crippen LogP contribution in [0, 0.1) is 6.92 Å². The van der Waals surface area contributed by atoms with Gasteiger partial charge in [-0.15, -0.1) is 0 Å². The lowest BCUT2D eigenvalue weighted by Gasteiger charge is -2.13. The predicted molar refractivity (Wildman–Crippen MR) is 104 cm³/mol. The molecule has 0 fully saturated rings. The number of aryl methyl sites for hydroxylation is 1. The molecule has 3 N–H and O–H groups in total. The van der Waals surface area contributed by atoms with Gasteiger partial charge in [0.05, 0.1) is 11.9 Å². The van der Waals surface area contributed by atoms with Crippen molar-refractivity contribution in [3.8, 4) is 5.75 Å². The summed E-state index contributed by atoms with van der Waals surface area (Å²) < 4.78 is 1.23. The summed E-state index contributed by atoms with van der Waals surface area (Å²) in [5.74, 6) is 0.894. The number of fused-ring (bicyclic) bond motifs is 1. The van der Waals surface area contributed by atoms with Gasteiger partial charge in [0.25, 0.3) is 0 Å². The number of rotatable bonds is 4. The molecule has 0 radical (unpaired) electrons. The van der Waals surface area contributed by atoms with Crippen molar-refractivity contribution in [3.05, 3.63) is 42.1 Å². The SMILES string of the molecule is CCN(S)C(=O)Nc1ccc2ncc(Nc3ccc(C)cc3O)nc2n1. The Labute approximate surface area is 155 Å². The number of nitrogens with zero attached hydrogens (tertiary/aromatic N) is 4. The first-order valence-corrected chi connectivity index (χ1v) is 8.34. The fraction of sp³-hybridized carbons (Fsp3) is 0.176. The van der Waals surface area contributed by atoms with Gasteiger partial charge >= 0.3 is 6.03 Å². The van der Waals surface area contributed by atoms with Crippen LogP contribution in [0.5, 0.6) is 5.75 Å². The van der Waals surface area contributed by atoms with Crippen LogP contribution in [0.1, 0.15) is 12.5 Å². The highest BCUT2D eigenvalue weighted by molar-refractivity contribution is 7.78. The van der Waals surface area contributed by atoms with Crippen molar-refractivity contribution in [1.29, 1.82) is 0 Å². The van der Waals surface area contributed by atoms with Crippen LogP contribution in [0.4, 0.5) is 22.1 Å². The van der Waals surface area contributed by atoms with E-state index in [1.54, 1.807) is 30.5 Å². The molecule has 0 spiro atoms. The molecule has 0 atom stereocenters. The number of benzene rings is 1. The van der Waals surface area contributed by atoms with Crippen LogP contribution in [0.2, 0.25) is 0 Å². The van der Waals surface area contributed by atoms with Crippen molar-refractivity contribution in [2.75, 3.05) is 17.2 Å². The average molecular weight is 370 g/mol. The van der Waals surface area contributed by atoms with Crippen molar-refractivity contribution in [2.24, 2.45) is 0 Å². The Kier molecular flexibility index (Phi) is 5.08. The maximum atomic E-state index is 11.9. The molecule has 0 aliphatic heterocycles. The van der Waals surface area contributed by atoms with Gasteiger partial charge in [0, 0.05) is 6.54 Å². The zero-order valence-corrected chi connectivity index (χ0v) is 15.2. The standard InChI is InChI=1S/C17H18N6O2S/c1-3-23(26)17(25)22-14-7-6-12-16(20-14)21-15(9-18-12)19-11-5-4-10(2)8-13(11)24/h4-9,24,26H,3H2,1-2H3,(H2,19,20,21,22,25). The van der Waals surface area contributed by atoms with Gasteiger partial charge in [0.2, 0.25) is 0 Å². The predicted octanol–water partition coefficient (Wildman–Crippen LogP) is 3.48. The van der Waals surface area contributed by atoms with E-state index in [4.69, 9.17) is 0 Å². The molecular weight excluding hydrogens is 352 g/mol. The average Bonchev–Trinajstić information content (AvgIpc) is 2.63. The zero-order chi connectivity index (χ0) is 18.7. The normalized spacial score (nSPS) is 10.6. The zero-order valence-electron chi connectivity index (χ0n) is 14.3. The number of nitrogens with one attached hydrogen (secondary N) is 2. The first-order chi connectivity index (χ1) is 12.5. The summed E-state index contributed by atoms with van der Waals surface area (Å²) >= 11 is 4.05. The molecule has 2 heterocycles. The van der Waals surface area contributed by atoms with E-state index in [0.717, 1.165) is 5.56 Å². The molecular formula is C17H18N6O2S. The van der Waals surface area contributed by atoms with E-state index in [2.05, 4.69) is 38.4 Å². The van der Waals surface area contributed by atoms with Crippen molar-refractivity contribution >= 4 is 47.3 Å². The van der Waals surface area contributed by atoms with E-state index >= 15 is 0 Å². The van der Waals surface area contributed by atoms with E-state index in [0.29, 0.717) is 35.0 Å².